The number of unbranched alkanes of at least 4 members (excludes halogenated alkanes) is 15. The van der Waals surface area contributed by atoms with E-state index in [2.05, 4.69) is 69.4 Å². The predicted molar refractivity (Wildman–Crippen MR) is 215 cm³/mol. The third-order valence-electron chi connectivity index (χ3n) is 8.52. The number of esters is 3. The van der Waals surface area contributed by atoms with Gasteiger partial charge in [0.15, 0.2) is 6.10 Å². The predicted octanol–water partition coefficient (Wildman–Crippen LogP) is 13.0. The Morgan fingerprint density at radius 3 is 1.35 bits per heavy atom. The molecule has 0 aromatic carbocycles. The summed E-state index contributed by atoms with van der Waals surface area (Å²) in [5, 5.41) is 0. The van der Waals surface area contributed by atoms with Gasteiger partial charge in [0.1, 0.15) is 13.2 Å². The molecule has 292 valence electrons. The summed E-state index contributed by atoms with van der Waals surface area (Å²) in [5.41, 5.74) is 0. The number of rotatable bonds is 36. The molecule has 0 heterocycles. The highest BCUT2D eigenvalue weighted by Gasteiger charge is 2.19. The molecule has 1 unspecified atom stereocenters. The van der Waals surface area contributed by atoms with Gasteiger partial charge in [-0.25, -0.2) is 0 Å². The molecule has 6 heteroatoms. The van der Waals surface area contributed by atoms with Crippen LogP contribution in [0.15, 0.2) is 60.8 Å². The maximum Gasteiger partial charge on any atom is 0.306 e. The average molecular weight is 713 g/mol. The molecule has 0 N–H and O–H groups in total. The first-order valence-corrected chi connectivity index (χ1v) is 20.8. The van der Waals surface area contributed by atoms with Gasteiger partial charge >= 0.3 is 17.9 Å². The molecule has 0 saturated heterocycles. The summed E-state index contributed by atoms with van der Waals surface area (Å²) in [4.78, 5) is 37.5. The van der Waals surface area contributed by atoms with Crippen molar-refractivity contribution >= 4 is 17.9 Å². The van der Waals surface area contributed by atoms with Gasteiger partial charge in [-0.1, -0.05) is 159 Å². The number of allylic oxidation sites excluding steroid dienone is 10. The summed E-state index contributed by atoms with van der Waals surface area (Å²) in [6, 6.07) is 0. The van der Waals surface area contributed by atoms with Crippen LogP contribution in [0.2, 0.25) is 0 Å². The van der Waals surface area contributed by atoms with E-state index in [4.69, 9.17) is 14.2 Å². The highest BCUT2D eigenvalue weighted by atomic mass is 16.6. The Labute approximate surface area is 313 Å². The van der Waals surface area contributed by atoms with E-state index in [-0.39, 0.29) is 37.5 Å². The molecule has 6 nitrogen and oxygen atoms in total. The van der Waals surface area contributed by atoms with Crippen molar-refractivity contribution < 1.29 is 28.6 Å². The summed E-state index contributed by atoms with van der Waals surface area (Å²) in [6.45, 7) is 6.36. The van der Waals surface area contributed by atoms with E-state index in [0.717, 1.165) is 77.0 Å². The number of hydrogen-bond acceptors (Lipinski definition) is 6. The normalized spacial score (nSPS) is 12.6. The zero-order valence-corrected chi connectivity index (χ0v) is 33.1. The van der Waals surface area contributed by atoms with E-state index in [1.165, 1.54) is 64.2 Å². The van der Waals surface area contributed by atoms with Crippen LogP contribution in [-0.4, -0.2) is 37.2 Å². The monoisotopic (exact) mass is 713 g/mol. The number of ether oxygens (including phenoxy) is 3. The van der Waals surface area contributed by atoms with E-state index in [1.54, 1.807) is 0 Å². The van der Waals surface area contributed by atoms with Crippen LogP contribution in [0, 0.1) is 0 Å². The maximum absolute atomic E-state index is 12.6. The van der Waals surface area contributed by atoms with Crippen LogP contribution in [0.4, 0.5) is 0 Å². The van der Waals surface area contributed by atoms with Crippen molar-refractivity contribution in [2.45, 2.75) is 194 Å². The third kappa shape index (κ3) is 38.2. The van der Waals surface area contributed by atoms with Gasteiger partial charge in [-0.15, -0.1) is 0 Å². The van der Waals surface area contributed by atoms with Crippen LogP contribution in [-0.2, 0) is 28.6 Å². The summed E-state index contributed by atoms with van der Waals surface area (Å²) < 4.78 is 16.5. The molecule has 0 spiro atoms. The summed E-state index contributed by atoms with van der Waals surface area (Å²) in [7, 11) is 0. The first-order valence-electron chi connectivity index (χ1n) is 20.8. The number of carbonyl (C=O) groups excluding carboxylic acids is 3. The highest BCUT2D eigenvalue weighted by molar-refractivity contribution is 5.71. The standard InChI is InChI=1S/C45H76O6/c1-4-7-10-13-16-19-21-23-25-26-29-32-35-38-44(47)50-41-42(40-49-43(46)37-34-31-28-18-15-12-9-6-3)51-45(48)39-36-33-30-27-24-22-20-17-14-11-8-5-2/h7,10,16-17,19-20,23,25,29,32,42H,4-6,8-9,11-15,18,21-22,24,26-28,30-31,33-41H2,1-3H3/b10-7-,19-16-,20-17-,25-23-,32-29-. The van der Waals surface area contributed by atoms with Gasteiger partial charge in [0, 0.05) is 19.3 Å². The van der Waals surface area contributed by atoms with Crippen LogP contribution >= 0.6 is 0 Å². The average Bonchev–Trinajstić information content (AvgIpc) is 3.12. The Hall–Kier alpha value is -2.89. The second-order valence-corrected chi connectivity index (χ2v) is 13.5. The summed E-state index contributed by atoms with van der Waals surface area (Å²) in [5.74, 6) is -1.01. The molecule has 0 aliphatic heterocycles. The van der Waals surface area contributed by atoms with Crippen LogP contribution in [0.5, 0.6) is 0 Å². The Bertz CT molecular complexity index is 960. The molecule has 0 radical (unpaired) electrons. The summed E-state index contributed by atoms with van der Waals surface area (Å²) in [6.07, 6.45) is 46.5. The van der Waals surface area contributed by atoms with E-state index in [0.29, 0.717) is 19.3 Å². The molecule has 0 bridgehead atoms. The van der Waals surface area contributed by atoms with Gasteiger partial charge < -0.3 is 14.2 Å². The maximum atomic E-state index is 12.6. The fraction of sp³-hybridized carbons (Fsp3) is 0.711. The second-order valence-electron chi connectivity index (χ2n) is 13.5. The largest absolute Gasteiger partial charge is 0.462 e. The molecule has 51 heavy (non-hydrogen) atoms. The molecule has 1 atom stereocenters. The van der Waals surface area contributed by atoms with Gasteiger partial charge in [-0.2, -0.15) is 0 Å². The van der Waals surface area contributed by atoms with Crippen LogP contribution in [0.25, 0.3) is 0 Å². The Morgan fingerprint density at radius 1 is 0.412 bits per heavy atom. The topological polar surface area (TPSA) is 78.9 Å². The molecular weight excluding hydrogens is 636 g/mol. The molecule has 0 saturated carbocycles. The van der Waals surface area contributed by atoms with E-state index in [9.17, 15) is 14.4 Å². The lowest BCUT2D eigenvalue weighted by atomic mass is 10.1. The fourth-order valence-corrected chi connectivity index (χ4v) is 5.39. The van der Waals surface area contributed by atoms with Crippen LogP contribution in [0.1, 0.15) is 188 Å². The zero-order valence-electron chi connectivity index (χ0n) is 33.1. The minimum absolute atomic E-state index is 0.0995. The fourth-order valence-electron chi connectivity index (χ4n) is 5.39. The van der Waals surface area contributed by atoms with Gasteiger partial charge in [0.2, 0.25) is 0 Å². The van der Waals surface area contributed by atoms with Crippen LogP contribution < -0.4 is 0 Å². The minimum atomic E-state index is -0.800. The lowest BCUT2D eigenvalue weighted by Gasteiger charge is -2.18. The van der Waals surface area contributed by atoms with E-state index in [1.807, 2.05) is 12.2 Å². The number of hydrogen-bond donors (Lipinski definition) is 0. The molecule has 0 aliphatic rings. The van der Waals surface area contributed by atoms with E-state index < -0.39 is 6.10 Å². The molecule has 0 rings (SSSR count). The summed E-state index contributed by atoms with van der Waals surface area (Å²) >= 11 is 0. The van der Waals surface area contributed by atoms with Gasteiger partial charge in [0.25, 0.3) is 0 Å². The Kier molecular flexibility index (Phi) is 37.6. The van der Waals surface area contributed by atoms with E-state index >= 15 is 0 Å². The van der Waals surface area contributed by atoms with Crippen molar-refractivity contribution in [3.63, 3.8) is 0 Å². The number of carbonyl (C=O) groups is 3. The molecule has 0 aliphatic carbocycles. The van der Waals surface area contributed by atoms with Crippen molar-refractivity contribution in [2.75, 3.05) is 13.2 Å². The first kappa shape index (κ1) is 48.1. The smallest absolute Gasteiger partial charge is 0.306 e. The molecule has 0 aromatic rings. The Morgan fingerprint density at radius 2 is 0.804 bits per heavy atom. The van der Waals surface area contributed by atoms with Crippen molar-refractivity contribution in [3.05, 3.63) is 60.8 Å². The first-order chi connectivity index (χ1) is 25.0. The molecule has 0 aromatic heterocycles. The Balaban J connectivity index is 4.49. The second kappa shape index (κ2) is 39.9. The van der Waals surface area contributed by atoms with Gasteiger partial charge in [0.05, 0.1) is 0 Å². The van der Waals surface area contributed by atoms with Gasteiger partial charge in [-0.05, 0) is 70.6 Å². The molecular formula is C45H76O6. The quantitative estimate of drug-likeness (QED) is 0.0278. The lowest BCUT2D eigenvalue weighted by Crippen LogP contribution is -2.30. The van der Waals surface area contributed by atoms with Crippen molar-refractivity contribution in [1.29, 1.82) is 0 Å². The van der Waals surface area contributed by atoms with Gasteiger partial charge in [-0.3, -0.25) is 14.4 Å². The van der Waals surface area contributed by atoms with Crippen molar-refractivity contribution in [2.24, 2.45) is 0 Å². The molecule has 0 fully saturated rings. The van der Waals surface area contributed by atoms with Crippen molar-refractivity contribution in [1.82, 2.24) is 0 Å². The highest BCUT2D eigenvalue weighted by Crippen LogP contribution is 2.12. The van der Waals surface area contributed by atoms with Crippen molar-refractivity contribution in [3.8, 4) is 0 Å². The zero-order chi connectivity index (χ0) is 37.3. The molecule has 0 amide bonds. The van der Waals surface area contributed by atoms with Crippen LogP contribution in [0.3, 0.4) is 0 Å². The SMILES string of the molecule is CC/C=C\C/C=C\C/C=C\C/C=C\CCC(=O)OCC(COC(=O)CCCCCCCCCC)OC(=O)CCCCCCC/C=C\CCCCC. The lowest BCUT2D eigenvalue weighted by molar-refractivity contribution is -0.166. The minimum Gasteiger partial charge on any atom is -0.462 e. The third-order valence-corrected chi connectivity index (χ3v) is 8.52.